The normalized spacial score (nSPS) is 13.3. The highest BCUT2D eigenvalue weighted by Crippen LogP contribution is 2.25. The molecule has 1 atom stereocenters. The van der Waals surface area contributed by atoms with Crippen LogP contribution >= 0.6 is 0 Å². The highest BCUT2D eigenvalue weighted by atomic mass is 32.2. The third-order valence-electron chi connectivity index (χ3n) is 4.56. The maximum atomic E-state index is 13.3. The maximum absolute atomic E-state index is 13.3. The molecule has 0 aromatic heterocycles. The monoisotopic (exact) mass is 441 g/mol. The zero-order valence-electron chi connectivity index (χ0n) is 17.0. The molecule has 160 valence electrons. The van der Waals surface area contributed by atoms with Crippen LogP contribution < -0.4 is 8.92 Å². The smallest absolute Gasteiger partial charge is 0.308 e. The van der Waals surface area contributed by atoms with Gasteiger partial charge in [-0.3, -0.25) is 0 Å². The van der Waals surface area contributed by atoms with Crippen molar-refractivity contribution in [2.24, 2.45) is 0 Å². The van der Waals surface area contributed by atoms with Crippen molar-refractivity contribution in [3.63, 3.8) is 0 Å². The van der Waals surface area contributed by atoms with Gasteiger partial charge in [0.15, 0.2) is 0 Å². The maximum Gasteiger partial charge on any atom is 0.308 e. The Labute approximate surface area is 173 Å². The molecule has 0 amide bonds. The van der Waals surface area contributed by atoms with Gasteiger partial charge in [-0.25, -0.2) is 8.42 Å². The lowest BCUT2D eigenvalue weighted by Crippen LogP contribution is -2.37. The quantitative estimate of drug-likeness (QED) is 0.525. The van der Waals surface area contributed by atoms with Gasteiger partial charge in [0.25, 0.3) is 0 Å². The SMILES string of the molecule is CCC(C)N(Cc1cccc(OS(=O)(=O)CC)c1)S(=O)(=O)c1ccc(OC)cc1. The van der Waals surface area contributed by atoms with Crippen LogP contribution in [0, 0.1) is 0 Å². The van der Waals surface area contributed by atoms with Gasteiger partial charge >= 0.3 is 10.1 Å². The molecule has 0 fully saturated rings. The number of benzene rings is 2. The van der Waals surface area contributed by atoms with E-state index in [1.165, 1.54) is 36.5 Å². The van der Waals surface area contributed by atoms with Crippen LogP contribution in [0.5, 0.6) is 11.5 Å². The summed E-state index contributed by atoms with van der Waals surface area (Å²) in [5.41, 5.74) is 0.631. The summed E-state index contributed by atoms with van der Waals surface area (Å²) in [4.78, 5) is 0.166. The van der Waals surface area contributed by atoms with E-state index < -0.39 is 20.1 Å². The first-order valence-corrected chi connectivity index (χ1v) is 12.3. The van der Waals surface area contributed by atoms with Crippen molar-refractivity contribution >= 4 is 20.1 Å². The van der Waals surface area contributed by atoms with E-state index in [0.29, 0.717) is 17.7 Å². The average Bonchev–Trinajstić information content (AvgIpc) is 2.71. The van der Waals surface area contributed by atoms with Crippen molar-refractivity contribution in [3.8, 4) is 11.5 Å². The highest BCUT2D eigenvalue weighted by Gasteiger charge is 2.28. The van der Waals surface area contributed by atoms with Crippen LogP contribution in [-0.4, -0.2) is 40.0 Å². The Bertz CT molecular complexity index is 1020. The van der Waals surface area contributed by atoms with Gasteiger partial charge in [-0.15, -0.1) is 0 Å². The van der Waals surface area contributed by atoms with Crippen molar-refractivity contribution in [2.45, 2.75) is 44.7 Å². The van der Waals surface area contributed by atoms with Gasteiger partial charge < -0.3 is 8.92 Å². The summed E-state index contributed by atoms with van der Waals surface area (Å²) in [6, 6.07) is 12.4. The Kier molecular flexibility index (Phi) is 7.67. The predicted molar refractivity (Wildman–Crippen MR) is 112 cm³/mol. The Morgan fingerprint density at radius 3 is 2.17 bits per heavy atom. The van der Waals surface area contributed by atoms with Gasteiger partial charge in [-0.2, -0.15) is 12.7 Å². The van der Waals surface area contributed by atoms with Crippen molar-refractivity contribution in [1.29, 1.82) is 0 Å². The summed E-state index contributed by atoms with van der Waals surface area (Å²) in [5, 5.41) is 0. The second-order valence-corrected chi connectivity index (χ2v) is 10.3. The second kappa shape index (κ2) is 9.60. The lowest BCUT2D eigenvalue weighted by atomic mass is 10.2. The summed E-state index contributed by atoms with van der Waals surface area (Å²) in [7, 11) is -5.91. The van der Waals surface area contributed by atoms with Crippen molar-refractivity contribution in [1.82, 2.24) is 4.31 Å². The van der Waals surface area contributed by atoms with E-state index >= 15 is 0 Å². The summed E-state index contributed by atoms with van der Waals surface area (Å²) >= 11 is 0. The molecular weight excluding hydrogens is 414 g/mol. The Hall–Kier alpha value is -2.10. The topological polar surface area (TPSA) is 90.0 Å². The van der Waals surface area contributed by atoms with Crippen LogP contribution in [0.1, 0.15) is 32.8 Å². The van der Waals surface area contributed by atoms with E-state index in [2.05, 4.69) is 0 Å². The molecule has 0 saturated heterocycles. The van der Waals surface area contributed by atoms with E-state index in [1.807, 2.05) is 13.8 Å². The Morgan fingerprint density at radius 1 is 0.966 bits per heavy atom. The van der Waals surface area contributed by atoms with E-state index in [9.17, 15) is 16.8 Å². The molecule has 0 bridgehead atoms. The van der Waals surface area contributed by atoms with E-state index in [0.717, 1.165) is 0 Å². The van der Waals surface area contributed by atoms with Gasteiger partial charge in [0.1, 0.15) is 11.5 Å². The molecule has 1 unspecified atom stereocenters. The minimum atomic E-state index is -3.77. The molecule has 9 heteroatoms. The highest BCUT2D eigenvalue weighted by molar-refractivity contribution is 7.89. The van der Waals surface area contributed by atoms with E-state index in [-0.39, 0.29) is 29.0 Å². The van der Waals surface area contributed by atoms with Crippen molar-refractivity contribution in [3.05, 3.63) is 54.1 Å². The molecule has 0 aliphatic rings. The van der Waals surface area contributed by atoms with Crippen molar-refractivity contribution < 1.29 is 25.8 Å². The minimum Gasteiger partial charge on any atom is -0.497 e. The summed E-state index contributed by atoms with van der Waals surface area (Å²) in [6.45, 7) is 5.33. The molecule has 0 aliphatic carbocycles. The van der Waals surface area contributed by atoms with Gasteiger partial charge in [0, 0.05) is 12.6 Å². The first-order chi connectivity index (χ1) is 13.6. The molecule has 0 heterocycles. The zero-order valence-corrected chi connectivity index (χ0v) is 18.7. The largest absolute Gasteiger partial charge is 0.497 e. The number of ether oxygens (including phenoxy) is 1. The van der Waals surface area contributed by atoms with Gasteiger partial charge in [0.05, 0.1) is 17.8 Å². The molecule has 7 nitrogen and oxygen atoms in total. The fraction of sp³-hybridized carbons (Fsp3) is 0.400. The second-order valence-electron chi connectivity index (χ2n) is 6.56. The standard InChI is InChI=1S/C20H27NO6S2/c1-5-16(3)21(29(24,25)20-12-10-18(26-4)11-13-20)15-17-8-7-9-19(14-17)27-28(22,23)6-2/h7-14,16H,5-6,15H2,1-4H3. The van der Waals surface area contributed by atoms with Crippen molar-refractivity contribution in [2.75, 3.05) is 12.9 Å². The molecule has 2 aromatic rings. The molecule has 0 N–H and O–H groups in total. The fourth-order valence-corrected chi connectivity index (χ4v) is 4.85. The minimum absolute atomic E-state index is 0.0900. The molecule has 0 spiro atoms. The van der Waals surface area contributed by atoms with Gasteiger partial charge in [-0.05, 0) is 62.2 Å². The van der Waals surface area contributed by atoms with Crippen LogP contribution in [0.25, 0.3) is 0 Å². The van der Waals surface area contributed by atoms with Gasteiger partial charge in [0.2, 0.25) is 10.0 Å². The molecule has 29 heavy (non-hydrogen) atoms. The van der Waals surface area contributed by atoms with Crippen LogP contribution in [-0.2, 0) is 26.7 Å². The molecule has 0 aliphatic heterocycles. The number of hydrogen-bond donors (Lipinski definition) is 0. The Balaban J connectivity index is 2.36. The number of sulfonamides is 1. The molecule has 2 aromatic carbocycles. The molecule has 2 rings (SSSR count). The number of methoxy groups -OCH3 is 1. The van der Waals surface area contributed by atoms with E-state index in [1.54, 1.807) is 30.3 Å². The number of nitrogens with zero attached hydrogens (tertiary/aromatic N) is 1. The number of hydrogen-bond acceptors (Lipinski definition) is 6. The van der Waals surface area contributed by atoms with Crippen LogP contribution in [0.3, 0.4) is 0 Å². The lowest BCUT2D eigenvalue weighted by Gasteiger charge is -2.28. The summed E-state index contributed by atoms with van der Waals surface area (Å²) in [5.74, 6) is 0.582. The third-order valence-corrected chi connectivity index (χ3v) is 7.69. The van der Waals surface area contributed by atoms with Crippen LogP contribution in [0.15, 0.2) is 53.4 Å². The average molecular weight is 442 g/mol. The van der Waals surface area contributed by atoms with Gasteiger partial charge in [-0.1, -0.05) is 19.1 Å². The first kappa shape index (κ1) is 23.2. The van der Waals surface area contributed by atoms with Crippen LogP contribution in [0.4, 0.5) is 0 Å². The third kappa shape index (κ3) is 5.94. The fourth-order valence-electron chi connectivity index (χ4n) is 2.65. The van der Waals surface area contributed by atoms with Crippen LogP contribution in [0.2, 0.25) is 0 Å². The summed E-state index contributed by atoms with van der Waals surface area (Å²) in [6.07, 6.45) is 0.621. The molecule has 0 radical (unpaired) electrons. The lowest BCUT2D eigenvalue weighted by molar-refractivity contribution is 0.322. The Morgan fingerprint density at radius 2 is 1.62 bits per heavy atom. The predicted octanol–water partition coefficient (Wildman–Crippen LogP) is 3.41. The zero-order chi connectivity index (χ0) is 21.7. The van der Waals surface area contributed by atoms with E-state index in [4.69, 9.17) is 8.92 Å². The molecule has 0 saturated carbocycles. The molecular formula is C20H27NO6S2. The number of rotatable bonds is 10. The first-order valence-electron chi connectivity index (χ1n) is 9.30. The summed E-state index contributed by atoms with van der Waals surface area (Å²) < 4.78 is 61.5.